The zero-order valence-corrected chi connectivity index (χ0v) is 7.07. The number of nitrogen functional groups attached to an aromatic ring is 1. The minimum absolute atomic E-state index is 0.00611. The quantitative estimate of drug-likeness (QED) is 0.695. The highest BCUT2D eigenvalue weighted by molar-refractivity contribution is 6.29. The summed E-state index contributed by atoms with van der Waals surface area (Å²) in [5.41, 5.74) is 5.46. The summed E-state index contributed by atoms with van der Waals surface area (Å²) in [6.45, 7) is 1.49. The minimum atomic E-state index is -2.56. The Balaban J connectivity index is 3.28. The lowest BCUT2D eigenvalue weighted by Gasteiger charge is -2.06. The van der Waals surface area contributed by atoms with Crippen molar-refractivity contribution in [3.8, 4) is 0 Å². The van der Waals surface area contributed by atoms with Crippen molar-refractivity contribution >= 4 is 17.4 Å². The Hall–Kier alpha value is -0.900. The molecule has 2 nitrogen and oxygen atoms in total. The first-order chi connectivity index (χ1) is 5.52. The number of aromatic nitrogens is 1. The van der Waals surface area contributed by atoms with E-state index in [0.717, 1.165) is 6.07 Å². The Morgan fingerprint density at radius 2 is 2.17 bits per heavy atom. The summed E-state index contributed by atoms with van der Waals surface area (Å²) in [7, 11) is 0. The summed E-state index contributed by atoms with van der Waals surface area (Å²) in [5, 5.41) is -0.00611. The van der Waals surface area contributed by atoms with Gasteiger partial charge in [0.1, 0.15) is 11.0 Å². The van der Waals surface area contributed by atoms with Gasteiger partial charge in [0, 0.05) is 11.1 Å². The fourth-order valence-corrected chi connectivity index (χ4v) is 1.05. The molecule has 2 N–H and O–H groups in total. The van der Waals surface area contributed by atoms with Gasteiger partial charge in [-0.25, -0.2) is 13.8 Å². The molecule has 0 fully saturated rings. The van der Waals surface area contributed by atoms with Crippen molar-refractivity contribution in [3.05, 3.63) is 22.3 Å². The average Bonchev–Trinajstić information content (AvgIpc) is 1.96. The molecular weight excluding hydrogens is 186 g/mol. The van der Waals surface area contributed by atoms with E-state index in [1.165, 1.54) is 6.92 Å². The smallest absolute Gasteiger partial charge is 0.264 e. The summed E-state index contributed by atoms with van der Waals surface area (Å²) in [4.78, 5) is 3.63. The maximum atomic E-state index is 12.2. The Morgan fingerprint density at radius 1 is 1.58 bits per heavy atom. The molecule has 0 aliphatic carbocycles. The third-order valence-corrected chi connectivity index (χ3v) is 1.75. The highest BCUT2D eigenvalue weighted by atomic mass is 35.5. The van der Waals surface area contributed by atoms with E-state index in [1.54, 1.807) is 0 Å². The molecule has 0 aliphatic heterocycles. The first-order valence-electron chi connectivity index (χ1n) is 3.23. The second-order valence-corrected chi connectivity index (χ2v) is 2.73. The molecule has 5 heteroatoms. The van der Waals surface area contributed by atoms with Crippen LogP contribution in [-0.4, -0.2) is 4.98 Å². The van der Waals surface area contributed by atoms with Crippen LogP contribution in [-0.2, 0) is 0 Å². The average molecular weight is 193 g/mol. The van der Waals surface area contributed by atoms with Crippen LogP contribution >= 0.6 is 11.6 Å². The lowest BCUT2D eigenvalue weighted by molar-refractivity contribution is 0.150. The Bertz CT molecular complexity index is 302. The van der Waals surface area contributed by atoms with E-state index in [0.29, 0.717) is 0 Å². The van der Waals surface area contributed by atoms with Crippen LogP contribution in [0.2, 0.25) is 5.15 Å². The predicted molar refractivity (Wildman–Crippen MR) is 43.4 cm³/mol. The van der Waals surface area contributed by atoms with Crippen molar-refractivity contribution in [1.29, 1.82) is 0 Å². The van der Waals surface area contributed by atoms with Crippen molar-refractivity contribution in [2.75, 3.05) is 5.73 Å². The number of nitrogens with zero attached hydrogens (tertiary/aromatic N) is 1. The van der Waals surface area contributed by atoms with Crippen molar-refractivity contribution in [2.45, 2.75) is 13.3 Å². The topological polar surface area (TPSA) is 38.9 Å². The van der Waals surface area contributed by atoms with Gasteiger partial charge in [0.2, 0.25) is 0 Å². The molecule has 0 saturated heterocycles. The van der Waals surface area contributed by atoms with Gasteiger partial charge in [-0.15, -0.1) is 0 Å². The Morgan fingerprint density at radius 3 is 2.67 bits per heavy atom. The lowest BCUT2D eigenvalue weighted by Crippen LogP contribution is -1.99. The molecule has 0 radical (unpaired) electrons. The number of halogens is 3. The molecule has 66 valence electrons. The van der Waals surface area contributed by atoms with Crippen molar-refractivity contribution in [2.24, 2.45) is 0 Å². The monoisotopic (exact) mass is 192 g/mol. The number of rotatable bonds is 1. The first kappa shape index (κ1) is 9.19. The van der Waals surface area contributed by atoms with Gasteiger partial charge in [-0.05, 0) is 13.0 Å². The van der Waals surface area contributed by atoms with E-state index >= 15 is 0 Å². The molecule has 1 aromatic heterocycles. The van der Waals surface area contributed by atoms with Gasteiger partial charge < -0.3 is 5.73 Å². The van der Waals surface area contributed by atoms with E-state index in [4.69, 9.17) is 17.3 Å². The maximum absolute atomic E-state index is 12.2. The molecule has 0 aromatic carbocycles. The van der Waals surface area contributed by atoms with Crippen LogP contribution in [0.5, 0.6) is 0 Å². The van der Waals surface area contributed by atoms with Crippen LogP contribution < -0.4 is 5.73 Å². The van der Waals surface area contributed by atoms with Gasteiger partial charge >= 0.3 is 0 Å². The van der Waals surface area contributed by atoms with Crippen molar-refractivity contribution in [3.63, 3.8) is 0 Å². The SMILES string of the molecule is Cc1c(C(F)F)cc(Cl)nc1N. The van der Waals surface area contributed by atoms with Crippen LogP contribution in [0, 0.1) is 6.92 Å². The fourth-order valence-electron chi connectivity index (χ4n) is 0.842. The molecule has 1 heterocycles. The second kappa shape index (κ2) is 3.23. The number of pyridine rings is 1. The fraction of sp³-hybridized carbons (Fsp3) is 0.286. The van der Waals surface area contributed by atoms with Crippen molar-refractivity contribution in [1.82, 2.24) is 4.98 Å². The molecule has 1 aromatic rings. The van der Waals surface area contributed by atoms with Gasteiger partial charge in [-0.2, -0.15) is 0 Å². The third-order valence-electron chi connectivity index (χ3n) is 1.55. The second-order valence-electron chi connectivity index (χ2n) is 2.35. The first-order valence-corrected chi connectivity index (χ1v) is 3.61. The molecule has 0 bridgehead atoms. The summed E-state index contributed by atoms with van der Waals surface area (Å²) in [5.74, 6) is 0.0535. The normalized spacial score (nSPS) is 10.8. The van der Waals surface area contributed by atoms with E-state index in [9.17, 15) is 8.78 Å². The highest BCUT2D eigenvalue weighted by Crippen LogP contribution is 2.27. The van der Waals surface area contributed by atoms with Crippen LogP contribution in [0.1, 0.15) is 17.6 Å². The Kier molecular flexibility index (Phi) is 2.47. The molecule has 0 aliphatic rings. The van der Waals surface area contributed by atoms with E-state index in [1.807, 2.05) is 0 Å². The number of hydrogen-bond acceptors (Lipinski definition) is 2. The molecule has 0 spiro atoms. The molecule has 1 rings (SSSR count). The van der Waals surface area contributed by atoms with Crippen molar-refractivity contribution < 1.29 is 8.78 Å². The summed E-state index contributed by atoms with van der Waals surface area (Å²) in [6, 6.07) is 1.12. The largest absolute Gasteiger partial charge is 0.383 e. The van der Waals surface area contributed by atoms with Crippen LogP contribution in [0.4, 0.5) is 14.6 Å². The molecular formula is C7H7ClF2N2. The number of anilines is 1. The highest BCUT2D eigenvalue weighted by Gasteiger charge is 2.13. The molecule has 12 heavy (non-hydrogen) atoms. The molecule has 0 unspecified atom stereocenters. The molecule has 0 saturated carbocycles. The maximum Gasteiger partial charge on any atom is 0.264 e. The van der Waals surface area contributed by atoms with E-state index in [-0.39, 0.29) is 22.1 Å². The summed E-state index contributed by atoms with van der Waals surface area (Å²) >= 11 is 5.44. The van der Waals surface area contributed by atoms with Crippen LogP contribution in [0.25, 0.3) is 0 Å². The standard InChI is InChI=1S/C7H7ClF2N2/c1-3-4(6(9)10)2-5(8)12-7(3)11/h2,6H,1H3,(H2,11,12). The molecule has 0 amide bonds. The predicted octanol–water partition coefficient (Wildman–Crippen LogP) is 2.56. The number of hydrogen-bond donors (Lipinski definition) is 1. The van der Waals surface area contributed by atoms with Gasteiger partial charge in [0.05, 0.1) is 0 Å². The van der Waals surface area contributed by atoms with Crippen LogP contribution in [0.3, 0.4) is 0 Å². The number of nitrogens with two attached hydrogens (primary N) is 1. The van der Waals surface area contributed by atoms with Crippen LogP contribution in [0.15, 0.2) is 6.07 Å². The van der Waals surface area contributed by atoms with Gasteiger partial charge in [-0.3, -0.25) is 0 Å². The van der Waals surface area contributed by atoms with E-state index < -0.39 is 6.43 Å². The van der Waals surface area contributed by atoms with E-state index in [2.05, 4.69) is 4.98 Å². The number of alkyl halides is 2. The molecule has 0 atom stereocenters. The zero-order valence-electron chi connectivity index (χ0n) is 6.31. The third kappa shape index (κ3) is 1.64. The van der Waals surface area contributed by atoms with Gasteiger partial charge in [0.15, 0.2) is 0 Å². The zero-order chi connectivity index (χ0) is 9.30. The lowest BCUT2D eigenvalue weighted by atomic mass is 10.1. The summed E-state index contributed by atoms with van der Waals surface area (Å²) in [6.07, 6.45) is -2.56. The summed E-state index contributed by atoms with van der Waals surface area (Å²) < 4.78 is 24.5. The van der Waals surface area contributed by atoms with Gasteiger partial charge in [-0.1, -0.05) is 11.6 Å². The minimum Gasteiger partial charge on any atom is -0.383 e. The Labute approximate surface area is 73.4 Å². The van der Waals surface area contributed by atoms with Gasteiger partial charge in [0.25, 0.3) is 6.43 Å².